The number of ether oxygens (including phenoxy) is 2. The van der Waals surface area contributed by atoms with Gasteiger partial charge in [-0.25, -0.2) is 4.99 Å². The van der Waals surface area contributed by atoms with E-state index in [9.17, 15) is 4.79 Å². The summed E-state index contributed by atoms with van der Waals surface area (Å²) in [6.07, 6.45) is 0.877. The van der Waals surface area contributed by atoms with Crippen molar-refractivity contribution in [3.05, 3.63) is 46.2 Å². The lowest BCUT2D eigenvalue weighted by Gasteiger charge is -2.17. The molecule has 0 fully saturated rings. The second kappa shape index (κ2) is 12.1. The number of thiophene rings is 1. The second-order valence-electron chi connectivity index (χ2n) is 7.27. The number of guanidine groups is 1. The van der Waals surface area contributed by atoms with E-state index in [0.29, 0.717) is 18.4 Å². The zero-order chi connectivity index (χ0) is 21.9. The van der Waals surface area contributed by atoms with Crippen molar-refractivity contribution in [2.24, 2.45) is 10.9 Å². The van der Waals surface area contributed by atoms with Gasteiger partial charge in [0.05, 0.1) is 20.8 Å². The molecule has 0 saturated carbocycles. The minimum Gasteiger partial charge on any atom is -0.493 e. The van der Waals surface area contributed by atoms with Crippen molar-refractivity contribution in [3.63, 3.8) is 0 Å². The van der Waals surface area contributed by atoms with Gasteiger partial charge in [-0.15, -0.1) is 11.3 Å². The fourth-order valence-corrected chi connectivity index (χ4v) is 3.44. The normalized spacial score (nSPS) is 12.2. The Morgan fingerprint density at radius 3 is 2.57 bits per heavy atom. The first-order valence-corrected chi connectivity index (χ1v) is 10.8. The van der Waals surface area contributed by atoms with Gasteiger partial charge in [-0.05, 0) is 41.5 Å². The molecule has 0 aliphatic carbocycles. The first-order valence-electron chi connectivity index (χ1n) is 9.88. The monoisotopic (exact) mass is 432 g/mol. The van der Waals surface area contributed by atoms with Crippen LogP contribution < -0.4 is 20.1 Å². The zero-order valence-corrected chi connectivity index (χ0v) is 19.2. The average molecular weight is 433 g/mol. The van der Waals surface area contributed by atoms with Crippen molar-refractivity contribution in [1.29, 1.82) is 0 Å². The van der Waals surface area contributed by atoms with Gasteiger partial charge in [0.2, 0.25) is 5.91 Å². The lowest BCUT2D eigenvalue weighted by Crippen LogP contribution is -2.40. The van der Waals surface area contributed by atoms with Crippen LogP contribution in [0.4, 0.5) is 0 Å². The minimum absolute atomic E-state index is 0.0365. The van der Waals surface area contributed by atoms with Gasteiger partial charge < -0.3 is 25.0 Å². The molecule has 1 unspecified atom stereocenters. The number of hydrogen-bond acceptors (Lipinski definition) is 5. The highest BCUT2D eigenvalue weighted by molar-refractivity contribution is 7.09. The van der Waals surface area contributed by atoms with Crippen molar-refractivity contribution < 1.29 is 14.3 Å². The SMILES string of the molecule is COc1ccc(CC(C)CNC(=NCC(=O)N(C)C)NCc2cccs2)cc1OC. The Hall–Kier alpha value is -2.74. The number of carbonyl (C=O) groups excluding carboxylic acids is 1. The van der Waals surface area contributed by atoms with Gasteiger partial charge in [-0.2, -0.15) is 0 Å². The van der Waals surface area contributed by atoms with E-state index in [2.05, 4.69) is 34.7 Å². The molecular weight excluding hydrogens is 400 g/mol. The van der Waals surface area contributed by atoms with Crippen LogP contribution >= 0.6 is 11.3 Å². The minimum atomic E-state index is -0.0365. The molecule has 7 nitrogen and oxygen atoms in total. The average Bonchev–Trinajstić information content (AvgIpc) is 3.26. The summed E-state index contributed by atoms with van der Waals surface area (Å²) in [6, 6.07) is 10.1. The molecule has 0 radical (unpaired) electrons. The molecule has 0 saturated heterocycles. The van der Waals surface area contributed by atoms with Crippen LogP contribution in [0, 0.1) is 5.92 Å². The number of methoxy groups -OCH3 is 2. The molecule has 0 bridgehead atoms. The van der Waals surface area contributed by atoms with Crippen LogP contribution in [0.1, 0.15) is 17.4 Å². The smallest absolute Gasteiger partial charge is 0.243 e. The Bertz CT molecular complexity index is 822. The molecule has 1 aromatic heterocycles. The number of likely N-dealkylation sites (N-methyl/N-ethyl adjacent to an activating group) is 1. The van der Waals surface area contributed by atoms with E-state index in [1.807, 2.05) is 23.6 Å². The van der Waals surface area contributed by atoms with Gasteiger partial charge >= 0.3 is 0 Å². The Morgan fingerprint density at radius 2 is 1.93 bits per heavy atom. The highest BCUT2D eigenvalue weighted by Crippen LogP contribution is 2.28. The number of carbonyl (C=O) groups is 1. The topological polar surface area (TPSA) is 75.2 Å². The predicted molar refractivity (Wildman–Crippen MR) is 123 cm³/mol. The maximum absolute atomic E-state index is 11.9. The molecule has 1 heterocycles. The molecule has 1 amide bonds. The lowest BCUT2D eigenvalue weighted by atomic mass is 10.0. The molecule has 30 heavy (non-hydrogen) atoms. The maximum Gasteiger partial charge on any atom is 0.243 e. The number of benzene rings is 1. The second-order valence-corrected chi connectivity index (χ2v) is 8.30. The van der Waals surface area contributed by atoms with Crippen molar-refractivity contribution in [2.75, 3.05) is 41.4 Å². The van der Waals surface area contributed by atoms with E-state index in [1.54, 1.807) is 44.6 Å². The van der Waals surface area contributed by atoms with Crippen LogP contribution in [-0.4, -0.2) is 58.2 Å². The van der Waals surface area contributed by atoms with E-state index >= 15 is 0 Å². The first-order chi connectivity index (χ1) is 14.4. The van der Waals surface area contributed by atoms with E-state index < -0.39 is 0 Å². The summed E-state index contributed by atoms with van der Waals surface area (Å²) in [5.74, 6) is 2.41. The molecule has 1 aromatic carbocycles. The van der Waals surface area contributed by atoms with Crippen molar-refractivity contribution in [2.45, 2.75) is 19.9 Å². The molecule has 1 atom stereocenters. The van der Waals surface area contributed by atoms with E-state index in [4.69, 9.17) is 9.47 Å². The summed E-state index contributed by atoms with van der Waals surface area (Å²) in [7, 11) is 6.74. The summed E-state index contributed by atoms with van der Waals surface area (Å²) < 4.78 is 10.7. The van der Waals surface area contributed by atoms with Gasteiger partial charge in [0.15, 0.2) is 17.5 Å². The van der Waals surface area contributed by atoms with Gasteiger partial charge in [0, 0.05) is 25.5 Å². The summed E-state index contributed by atoms with van der Waals surface area (Å²) in [4.78, 5) is 19.1. The molecule has 164 valence electrons. The standard InChI is InChI=1S/C22H32N4O3S/c1-16(11-17-8-9-19(28-4)20(12-17)29-5)13-23-22(25-15-21(27)26(2)3)24-14-18-7-6-10-30-18/h6-10,12,16H,11,13-15H2,1-5H3,(H2,23,24,25). The van der Waals surface area contributed by atoms with Gasteiger partial charge in [-0.3, -0.25) is 4.79 Å². The number of aliphatic imine (C=N–C) groups is 1. The Morgan fingerprint density at radius 1 is 1.17 bits per heavy atom. The number of rotatable bonds is 10. The fourth-order valence-electron chi connectivity index (χ4n) is 2.80. The van der Waals surface area contributed by atoms with Crippen molar-refractivity contribution in [1.82, 2.24) is 15.5 Å². The zero-order valence-electron chi connectivity index (χ0n) is 18.4. The molecule has 8 heteroatoms. The summed E-state index contributed by atoms with van der Waals surface area (Å²) in [5.41, 5.74) is 1.18. The highest BCUT2D eigenvalue weighted by atomic mass is 32.1. The van der Waals surface area contributed by atoms with Crippen molar-refractivity contribution in [3.8, 4) is 11.5 Å². The first kappa shape index (κ1) is 23.5. The quantitative estimate of drug-likeness (QED) is 0.446. The van der Waals surface area contributed by atoms with Crippen LogP contribution in [0.5, 0.6) is 11.5 Å². The van der Waals surface area contributed by atoms with Gasteiger partial charge in [0.1, 0.15) is 6.54 Å². The van der Waals surface area contributed by atoms with Gasteiger partial charge in [-0.1, -0.05) is 19.1 Å². The maximum atomic E-state index is 11.9. The Labute approximate surface area is 183 Å². The third-order valence-electron chi connectivity index (χ3n) is 4.53. The lowest BCUT2D eigenvalue weighted by molar-refractivity contribution is -0.127. The molecule has 0 aliphatic rings. The number of amides is 1. The van der Waals surface area contributed by atoms with Gasteiger partial charge in [0.25, 0.3) is 0 Å². The molecule has 2 aromatic rings. The molecule has 2 rings (SSSR count). The van der Waals surface area contributed by atoms with E-state index in [1.165, 1.54) is 10.4 Å². The van der Waals surface area contributed by atoms with E-state index in [0.717, 1.165) is 24.5 Å². The van der Waals surface area contributed by atoms with Crippen LogP contribution in [0.25, 0.3) is 0 Å². The Kier molecular flexibility index (Phi) is 9.47. The largest absolute Gasteiger partial charge is 0.493 e. The summed E-state index contributed by atoms with van der Waals surface area (Å²) in [6.45, 7) is 3.67. The highest BCUT2D eigenvalue weighted by Gasteiger charge is 2.10. The third kappa shape index (κ3) is 7.59. The third-order valence-corrected chi connectivity index (χ3v) is 5.41. The molecular formula is C22H32N4O3S. The predicted octanol–water partition coefficient (Wildman–Crippen LogP) is 2.77. The fraction of sp³-hybridized carbons (Fsp3) is 0.455. The number of nitrogens with one attached hydrogen (secondary N) is 2. The number of nitrogens with zero attached hydrogens (tertiary/aromatic N) is 2. The van der Waals surface area contributed by atoms with Crippen LogP contribution in [-0.2, 0) is 17.8 Å². The number of hydrogen-bond donors (Lipinski definition) is 2. The van der Waals surface area contributed by atoms with E-state index in [-0.39, 0.29) is 12.5 Å². The molecule has 2 N–H and O–H groups in total. The van der Waals surface area contributed by atoms with Crippen LogP contribution in [0.3, 0.4) is 0 Å². The summed E-state index contributed by atoms with van der Waals surface area (Å²) >= 11 is 1.68. The molecule has 0 spiro atoms. The summed E-state index contributed by atoms with van der Waals surface area (Å²) in [5, 5.41) is 8.72. The Balaban J connectivity index is 1.95. The molecule has 0 aliphatic heterocycles. The van der Waals surface area contributed by atoms with Crippen LogP contribution in [0.15, 0.2) is 40.7 Å². The van der Waals surface area contributed by atoms with Crippen LogP contribution in [0.2, 0.25) is 0 Å². The van der Waals surface area contributed by atoms with Crippen molar-refractivity contribution >= 4 is 23.2 Å².